The lowest BCUT2D eigenvalue weighted by Gasteiger charge is -2.12. The summed E-state index contributed by atoms with van der Waals surface area (Å²) >= 11 is 0. The molecule has 0 radical (unpaired) electrons. The van der Waals surface area contributed by atoms with Crippen LogP contribution in [0.4, 0.5) is 17.1 Å². The highest BCUT2D eigenvalue weighted by molar-refractivity contribution is 6.01. The molecule has 1 N–H and O–H groups in total. The van der Waals surface area contributed by atoms with Gasteiger partial charge in [-0.15, -0.1) is 0 Å². The van der Waals surface area contributed by atoms with Gasteiger partial charge in [0.15, 0.2) is 0 Å². The van der Waals surface area contributed by atoms with Crippen molar-refractivity contribution in [2.75, 3.05) is 12.4 Å². The van der Waals surface area contributed by atoms with E-state index in [0.29, 0.717) is 5.69 Å². The third-order valence-electron chi connectivity index (χ3n) is 3.70. The summed E-state index contributed by atoms with van der Waals surface area (Å²) in [6.07, 6.45) is 1.66. The molecule has 0 atom stereocenters. The lowest BCUT2D eigenvalue weighted by Crippen LogP contribution is -2.08. The number of hydrogen-bond donors (Lipinski definition) is 1. The van der Waals surface area contributed by atoms with Crippen LogP contribution in [-0.2, 0) is 11.8 Å². The Labute approximate surface area is 136 Å². The van der Waals surface area contributed by atoms with Gasteiger partial charge < -0.3 is 10.1 Å². The molecule has 0 spiro atoms. The average Bonchev–Trinajstić information content (AvgIpc) is 2.96. The third kappa shape index (κ3) is 2.54. The summed E-state index contributed by atoms with van der Waals surface area (Å²) in [5.74, 6) is -0.653. The summed E-state index contributed by atoms with van der Waals surface area (Å²) in [4.78, 5) is 22.8. The summed E-state index contributed by atoms with van der Waals surface area (Å²) < 4.78 is 6.42. The van der Waals surface area contributed by atoms with Crippen LogP contribution in [0.25, 0.3) is 10.9 Å². The Hall–Kier alpha value is -3.42. The van der Waals surface area contributed by atoms with Gasteiger partial charge in [-0.05, 0) is 18.2 Å². The number of anilines is 2. The fraction of sp³-hybridized carbons (Fsp3) is 0.125. The van der Waals surface area contributed by atoms with Crippen molar-refractivity contribution in [1.82, 2.24) is 9.78 Å². The first kappa shape index (κ1) is 15.5. The number of nitrogens with one attached hydrogen (secondary N) is 1. The standard InChI is InChI=1S/C16H14N4O4/c1-19-13-7-4-6-12(11(13)9-17-19)18-15-10(16(21)24-2)5-3-8-14(15)20(22)23/h3-9,18H,1-2H3. The molecule has 0 fully saturated rings. The Bertz CT molecular complexity index is 948. The van der Waals surface area contributed by atoms with Crippen molar-refractivity contribution >= 4 is 33.9 Å². The zero-order valence-electron chi connectivity index (χ0n) is 13.0. The Morgan fingerprint density at radius 1 is 1.29 bits per heavy atom. The average molecular weight is 326 g/mol. The SMILES string of the molecule is COC(=O)c1cccc([N+](=O)[O-])c1Nc1cccc2c1cnn2C. The molecular formula is C16H14N4O4. The minimum atomic E-state index is -0.653. The van der Waals surface area contributed by atoms with Crippen LogP contribution in [0.2, 0.25) is 0 Å². The van der Waals surface area contributed by atoms with Crippen LogP contribution in [0.1, 0.15) is 10.4 Å². The number of esters is 1. The molecule has 0 amide bonds. The number of aromatic nitrogens is 2. The highest BCUT2D eigenvalue weighted by Crippen LogP contribution is 2.34. The molecule has 1 heterocycles. The fourth-order valence-electron chi connectivity index (χ4n) is 2.52. The number of para-hydroxylation sites is 1. The largest absolute Gasteiger partial charge is 0.465 e. The maximum absolute atomic E-state index is 12.0. The van der Waals surface area contributed by atoms with E-state index < -0.39 is 10.9 Å². The van der Waals surface area contributed by atoms with Crippen molar-refractivity contribution in [3.05, 3.63) is 58.3 Å². The van der Waals surface area contributed by atoms with Crippen molar-refractivity contribution in [2.24, 2.45) is 7.05 Å². The molecule has 3 aromatic rings. The van der Waals surface area contributed by atoms with E-state index in [1.165, 1.54) is 25.3 Å². The van der Waals surface area contributed by atoms with Crippen molar-refractivity contribution in [1.29, 1.82) is 0 Å². The van der Waals surface area contributed by atoms with Gasteiger partial charge in [-0.1, -0.05) is 12.1 Å². The molecule has 0 aliphatic heterocycles. The first-order valence-corrected chi connectivity index (χ1v) is 7.06. The zero-order valence-corrected chi connectivity index (χ0v) is 13.0. The molecule has 3 rings (SSSR count). The number of ether oxygens (including phenoxy) is 1. The number of rotatable bonds is 4. The van der Waals surface area contributed by atoms with Crippen LogP contribution >= 0.6 is 0 Å². The van der Waals surface area contributed by atoms with E-state index in [4.69, 9.17) is 4.74 Å². The molecule has 2 aromatic carbocycles. The molecule has 0 saturated heterocycles. The van der Waals surface area contributed by atoms with E-state index in [9.17, 15) is 14.9 Å². The summed E-state index contributed by atoms with van der Waals surface area (Å²) in [5, 5.41) is 19.3. The van der Waals surface area contributed by atoms with Crippen LogP contribution in [0.5, 0.6) is 0 Å². The number of aryl methyl sites for hydroxylation is 1. The minimum Gasteiger partial charge on any atom is -0.465 e. The lowest BCUT2D eigenvalue weighted by molar-refractivity contribution is -0.383. The number of methoxy groups -OCH3 is 1. The molecule has 122 valence electrons. The van der Waals surface area contributed by atoms with Gasteiger partial charge in [0.1, 0.15) is 5.69 Å². The second-order valence-electron chi connectivity index (χ2n) is 5.08. The molecule has 24 heavy (non-hydrogen) atoms. The van der Waals surface area contributed by atoms with Crippen LogP contribution < -0.4 is 5.32 Å². The second kappa shape index (κ2) is 5.99. The summed E-state index contributed by atoms with van der Waals surface area (Å²) in [7, 11) is 3.03. The van der Waals surface area contributed by atoms with Crippen molar-refractivity contribution in [3.63, 3.8) is 0 Å². The van der Waals surface area contributed by atoms with Crippen LogP contribution in [0, 0.1) is 10.1 Å². The number of nitro benzene ring substituents is 1. The van der Waals surface area contributed by atoms with Gasteiger partial charge in [0, 0.05) is 24.2 Å². The molecule has 1 aromatic heterocycles. The Morgan fingerprint density at radius 2 is 2.04 bits per heavy atom. The van der Waals surface area contributed by atoms with Crippen molar-refractivity contribution in [3.8, 4) is 0 Å². The van der Waals surface area contributed by atoms with Crippen LogP contribution in [-0.4, -0.2) is 27.8 Å². The van der Waals surface area contributed by atoms with Gasteiger partial charge in [-0.2, -0.15) is 5.10 Å². The topological polar surface area (TPSA) is 99.3 Å². The van der Waals surface area contributed by atoms with Gasteiger partial charge >= 0.3 is 5.97 Å². The molecule has 0 aliphatic carbocycles. The normalized spacial score (nSPS) is 10.6. The molecule has 0 aliphatic rings. The van der Waals surface area contributed by atoms with Crippen molar-refractivity contribution < 1.29 is 14.5 Å². The van der Waals surface area contributed by atoms with Gasteiger partial charge in [0.05, 0.1) is 29.3 Å². The molecule has 0 saturated carbocycles. The van der Waals surface area contributed by atoms with Crippen LogP contribution in [0.15, 0.2) is 42.6 Å². The van der Waals surface area contributed by atoms with Gasteiger partial charge in [0.2, 0.25) is 0 Å². The molecule has 0 bridgehead atoms. The molecular weight excluding hydrogens is 312 g/mol. The van der Waals surface area contributed by atoms with Crippen LogP contribution in [0.3, 0.4) is 0 Å². The Kier molecular flexibility index (Phi) is 3.87. The number of hydrogen-bond acceptors (Lipinski definition) is 6. The van der Waals surface area contributed by atoms with E-state index in [-0.39, 0.29) is 16.9 Å². The maximum Gasteiger partial charge on any atom is 0.340 e. The quantitative estimate of drug-likeness (QED) is 0.449. The van der Waals surface area contributed by atoms with E-state index in [1.807, 2.05) is 6.07 Å². The maximum atomic E-state index is 12.0. The van der Waals surface area contributed by atoms with Gasteiger partial charge in [-0.3, -0.25) is 14.8 Å². The predicted octanol–water partition coefficient (Wildman–Crippen LogP) is 3.01. The summed E-state index contributed by atoms with van der Waals surface area (Å²) in [6.45, 7) is 0. The van der Waals surface area contributed by atoms with E-state index >= 15 is 0 Å². The Morgan fingerprint density at radius 3 is 2.75 bits per heavy atom. The van der Waals surface area contributed by atoms with E-state index in [0.717, 1.165) is 10.9 Å². The molecule has 0 unspecified atom stereocenters. The number of nitro groups is 1. The monoisotopic (exact) mass is 326 g/mol. The lowest BCUT2D eigenvalue weighted by atomic mass is 10.1. The number of carbonyl (C=O) groups is 1. The number of carbonyl (C=O) groups excluding carboxylic acids is 1. The third-order valence-corrected chi connectivity index (χ3v) is 3.70. The highest BCUT2D eigenvalue weighted by atomic mass is 16.6. The first-order valence-electron chi connectivity index (χ1n) is 7.06. The second-order valence-corrected chi connectivity index (χ2v) is 5.08. The number of benzene rings is 2. The highest BCUT2D eigenvalue weighted by Gasteiger charge is 2.23. The van der Waals surface area contributed by atoms with Crippen molar-refractivity contribution in [2.45, 2.75) is 0 Å². The molecule has 8 heteroatoms. The first-order chi connectivity index (χ1) is 11.5. The van der Waals surface area contributed by atoms with E-state index in [1.54, 1.807) is 30.1 Å². The van der Waals surface area contributed by atoms with Gasteiger partial charge in [-0.25, -0.2) is 4.79 Å². The molecule has 8 nitrogen and oxygen atoms in total. The predicted molar refractivity (Wildman–Crippen MR) is 88.4 cm³/mol. The number of nitrogens with zero attached hydrogens (tertiary/aromatic N) is 3. The smallest absolute Gasteiger partial charge is 0.340 e. The number of fused-ring (bicyclic) bond motifs is 1. The minimum absolute atomic E-state index is 0.0886. The Balaban J connectivity index is 2.17. The van der Waals surface area contributed by atoms with Gasteiger partial charge in [0.25, 0.3) is 5.69 Å². The van der Waals surface area contributed by atoms with E-state index in [2.05, 4.69) is 10.4 Å². The summed E-state index contributed by atoms with van der Waals surface area (Å²) in [6, 6.07) is 9.71. The summed E-state index contributed by atoms with van der Waals surface area (Å²) in [5.41, 5.74) is 1.44. The zero-order chi connectivity index (χ0) is 17.3. The fourth-order valence-corrected chi connectivity index (χ4v) is 2.52.